The second-order valence-corrected chi connectivity index (χ2v) is 10.8. The van der Waals surface area contributed by atoms with Gasteiger partial charge in [-0.15, -0.1) is 0 Å². The molecule has 34 heavy (non-hydrogen) atoms. The average molecular weight is 477 g/mol. The third-order valence-corrected chi connectivity index (χ3v) is 8.72. The molecule has 0 unspecified atom stereocenters. The van der Waals surface area contributed by atoms with Gasteiger partial charge in [-0.1, -0.05) is 19.9 Å². The molecule has 1 saturated heterocycles. The lowest BCUT2D eigenvalue weighted by Gasteiger charge is -2.60. The Balaban J connectivity index is 1.26. The summed E-state index contributed by atoms with van der Waals surface area (Å²) >= 11 is 0. The monoisotopic (exact) mass is 476 g/mol. The van der Waals surface area contributed by atoms with Crippen molar-refractivity contribution < 1.29 is 22.8 Å². The van der Waals surface area contributed by atoms with Crippen LogP contribution in [0.3, 0.4) is 0 Å². The van der Waals surface area contributed by atoms with Crippen LogP contribution in [0.4, 0.5) is 13.2 Å². The van der Waals surface area contributed by atoms with Gasteiger partial charge in [0.05, 0.1) is 5.92 Å². The van der Waals surface area contributed by atoms with Crippen molar-refractivity contribution in [3.63, 3.8) is 0 Å². The van der Waals surface area contributed by atoms with Crippen LogP contribution < -0.4 is 5.32 Å². The molecule has 2 aromatic heterocycles. The van der Waals surface area contributed by atoms with Crippen LogP contribution in [-0.2, 0) is 0 Å². The molecule has 3 saturated carbocycles. The van der Waals surface area contributed by atoms with Gasteiger partial charge in [-0.05, 0) is 67.4 Å². The van der Waals surface area contributed by atoms with E-state index in [4.69, 9.17) is 0 Å². The number of nitrogens with zero attached hydrogens (tertiary/aromatic N) is 3. The van der Waals surface area contributed by atoms with Crippen LogP contribution >= 0.6 is 0 Å². The second kappa shape index (κ2) is 8.27. The summed E-state index contributed by atoms with van der Waals surface area (Å²) in [6.07, 6.45) is 0.685. The van der Waals surface area contributed by atoms with Crippen molar-refractivity contribution in [2.45, 2.75) is 52.1 Å². The van der Waals surface area contributed by atoms with Crippen LogP contribution in [0.15, 0.2) is 24.4 Å². The number of imidazole rings is 1. The van der Waals surface area contributed by atoms with E-state index in [0.29, 0.717) is 35.1 Å². The largest absolute Gasteiger partial charge is 0.391 e. The van der Waals surface area contributed by atoms with Crippen molar-refractivity contribution >= 4 is 17.5 Å². The molecule has 6 rings (SSSR count). The van der Waals surface area contributed by atoms with Crippen molar-refractivity contribution in [3.8, 4) is 0 Å². The fourth-order valence-corrected chi connectivity index (χ4v) is 6.39. The van der Waals surface area contributed by atoms with E-state index < -0.39 is 18.0 Å². The van der Waals surface area contributed by atoms with Gasteiger partial charge < -0.3 is 10.2 Å². The van der Waals surface area contributed by atoms with E-state index in [9.17, 15) is 22.8 Å². The van der Waals surface area contributed by atoms with Crippen LogP contribution in [0.1, 0.15) is 66.9 Å². The number of hydrogen-bond donors (Lipinski definition) is 1. The molecular formula is C25H31F3N4O2. The summed E-state index contributed by atoms with van der Waals surface area (Å²) in [7, 11) is 0. The molecule has 1 N–H and O–H groups in total. The summed E-state index contributed by atoms with van der Waals surface area (Å²) in [5.41, 5.74) is 1.34. The Labute approximate surface area is 196 Å². The molecule has 4 aliphatic rings. The van der Waals surface area contributed by atoms with Crippen molar-refractivity contribution in [1.82, 2.24) is 19.6 Å². The first-order chi connectivity index (χ1) is 16.1. The van der Waals surface area contributed by atoms with E-state index in [1.807, 2.05) is 0 Å². The number of amides is 2. The lowest BCUT2D eigenvalue weighted by molar-refractivity contribution is -0.183. The molecule has 0 aromatic carbocycles. The number of halogens is 3. The second-order valence-electron chi connectivity index (χ2n) is 10.8. The van der Waals surface area contributed by atoms with Gasteiger partial charge in [0.15, 0.2) is 0 Å². The Bertz CT molecular complexity index is 1100. The van der Waals surface area contributed by atoms with Gasteiger partial charge in [0.1, 0.15) is 17.0 Å². The molecular weight excluding hydrogens is 445 g/mol. The van der Waals surface area contributed by atoms with E-state index in [1.54, 1.807) is 22.6 Å². The molecule has 1 aliphatic heterocycles. The number of carbonyl (C=O) groups is 2. The van der Waals surface area contributed by atoms with E-state index in [2.05, 4.69) is 24.1 Å². The van der Waals surface area contributed by atoms with Crippen molar-refractivity contribution in [1.29, 1.82) is 0 Å². The first-order valence-corrected chi connectivity index (χ1v) is 12.2. The van der Waals surface area contributed by atoms with E-state index in [0.717, 1.165) is 12.3 Å². The van der Waals surface area contributed by atoms with E-state index >= 15 is 0 Å². The third kappa shape index (κ3) is 3.96. The number of fused-ring (bicyclic) bond motifs is 3. The fraction of sp³-hybridized carbons (Fsp3) is 0.640. The summed E-state index contributed by atoms with van der Waals surface area (Å²) < 4.78 is 40.4. The number of pyridine rings is 1. The van der Waals surface area contributed by atoms with Crippen molar-refractivity contribution in [2.24, 2.45) is 29.1 Å². The molecule has 9 heteroatoms. The standard InChI is InChI=1S/C25H31F3N4O2/c1-24(2)17-7-6-15(18(24)12-17)13-29-22(33)20-4-3-5-21-30-19(14-32(20)21)23(34)31-10-8-16(9-11-31)25(26,27)28/h3-5,14-18H,6-13H2,1-2H3,(H,29,33)/t15-,17-,18+/m0/s1. The van der Waals surface area contributed by atoms with Crippen LogP contribution in [0, 0.1) is 29.1 Å². The molecule has 0 spiro atoms. The predicted octanol–water partition coefficient (Wildman–Crippen LogP) is 4.55. The van der Waals surface area contributed by atoms with Gasteiger partial charge in [0.25, 0.3) is 11.8 Å². The Kier molecular flexibility index (Phi) is 5.64. The highest BCUT2D eigenvalue weighted by Crippen LogP contribution is 2.61. The van der Waals surface area contributed by atoms with Gasteiger partial charge >= 0.3 is 6.18 Å². The number of piperidine rings is 1. The lowest BCUT2D eigenvalue weighted by Crippen LogP contribution is -2.54. The zero-order valence-corrected chi connectivity index (χ0v) is 19.6. The number of alkyl halides is 3. The highest BCUT2D eigenvalue weighted by Gasteiger charge is 2.54. The molecule has 0 radical (unpaired) electrons. The SMILES string of the molecule is CC1(C)[C@H]2CC[C@@H](CNC(=O)c3cccc4nc(C(=O)N5CCC(C(F)(F)F)CC5)cn34)[C@H]1C2. The van der Waals surface area contributed by atoms with E-state index in [-0.39, 0.29) is 37.5 Å². The van der Waals surface area contributed by atoms with Gasteiger partial charge in [0.2, 0.25) is 0 Å². The number of likely N-dealkylation sites (tertiary alicyclic amines) is 1. The summed E-state index contributed by atoms with van der Waals surface area (Å²) in [5.74, 6) is -0.0660. The van der Waals surface area contributed by atoms with Crippen LogP contribution in [0.25, 0.3) is 5.65 Å². The minimum absolute atomic E-state index is 0.0456. The zero-order valence-electron chi connectivity index (χ0n) is 19.6. The molecule has 4 fully saturated rings. The van der Waals surface area contributed by atoms with Crippen LogP contribution in [0.5, 0.6) is 0 Å². The summed E-state index contributed by atoms with van der Waals surface area (Å²) in [4.78, 5) is 31.7. The number of nitrogens with one attached hydrogen (secondary N) is 1. The van der Waals surface area contributed by atoms with Gasteiger partial charge in [-0.2, -0.15) is 13.2 Å². The van der Waals surface area contributed by atoms with Crippen LogP contribution in [-0.4, -0.2) is 51.9 Å². The number of rotatable bonds is 4. The third-order valence-electron chi connectivity index (χ3n) is 8.72. The predicted molar refractivity (Wildman–Crippen MR) is 120 cm³/mol. The molecule has 6 nitrogen and oxygen atoms in total. The molecule has 3 heterocycles. The van der Waals surface area contributed by atoms with Crippen molar-refractivity contribution in [2.75, 3.05) is 19.6 Å². The number of aromatic nitrogens is 2. The minimum atomic E-state index is -4.23. The number of hydrogen-bond acceptors (Lipinski definition) is 3. The lowest BCUT2D eigenvalue weighted by atomic mass is 9.45. The Morgan fingerprint density at radius 2 is 1.88 bits per heavy atom. The normalized spacial score (nSPS) is 26.9. The molecule has 2 aromatic rings. The van der Waals surface area contributed by atoms with Crippen molar-refractivity contribution in [3.05, 3.63) is 35.8 Å². The molecule has 2 amide bonds. The topological polar surface area (TPSA) is 66.7 Å². The van der Waals surface area contributed by atoms with Gasteiger partial charge in [-0.25, -0.2) is 4.98 Å². The maximum absolute atomic E-state index is 13.0. The summed E-state index contributed by atoms with van der Waals surface area (Å²) in [5, 5.41) is 3.09. The zero-order chi connectivity index (χ0) is 24.3. The fourth-order valence-electron chi connectivity index (χ4n) is 6.39. The average Bonchev–Trinajstić information content (AvgIpc) is 3.26. The molecule has 184 valence electrons. The highest BCUT2D eigenvalue weighted by molar-refractivity contribution is 5.95. The number of carbonyl (C=O) groups excluding carboxylic acids is 2. The first-order valence-electron chi connectivity index (χ1n) is 12.2. The highest BCUT2D eigenvalue weighted by atomic mass is 19.4. The Hall–Kier alpha value is -2.58. The maximum atomic E-state index is 13.0. The van der Waals surface area contributed by atoms with E-state index in [1.165, 1.54) is 23.9 Å². The summed E-state index contributed by atoms with van der Waals surface area (Å²) in [6.45, 7) is 5.38. The molecule has 3 aliphatic carbocycles. The minimum Gasteiger partial charge on any atom is -0.350 e. The maximum Gasteiger partial charge on any atom is 0.391 e. The molecule has 2 bridgehead atoms. The first kappa shape index (κ1) is 23.2. The molecule has 3 atom stereocenters. The quantitative estimate of drug-likeness (QED) is 0.704. The smallest absolute Gasteiger partial charge is 0.350 e. The summed E-state index contributed by atoms with van der Waals surface area (Å²) in [6, 6.07) is 5.12. The van der Waals surface area contributed by atoms with Gasteiger partial charge in [-0.3, -0.25) is 14.0 Å². The Morgan fingerprint density at radius 1 is 1.15 bits per heavy atom. The van der Waals surface area contributed by atoms with Crippen LogP contribution in [0.2, 0.25) is 0 Å². The Morgan fingerprint density at radius 3 is 2.53 bits per heavy atom. The van der Waals surface area contributed by atoms with Gasteiger partial charge in [0, 0.05) is 25.8 Å².